The number of allylic oxidation sites excluding steroid dienone is 2. The molecule has 0 spiro atoms. The molecule has 15 heavy (non-hydrogen) atoms. The maximum Gasteiger partial charge on any atom is -0.0226 e. The Morgan fingerprint density at radius 1 is 1.13 bits per heavy atom. The Morgan fingerprint density at radius 3 is 2.53 bits per heavy atom. The average molecular weight is 204 g/mol. The molecule has 4 rings (SSSR count). The molecule has 0 saturated heterocycles. The lowest BCUT2D eigenvalue weighted by molar-refractivity contribution is -0.183. The van der Waals surface area contributed by atoms with E-state index in [-0.39, 0.29) is 0 Å². The van der Waals surface area contributed by atoms with Gasteiger partial charge in [0.1, 0.15) is 0 Å². The third-order valence-electron chi connectivity index (χ3n) is 6.23. The van der Waals surface area contributed by atoms with Crippen molar-refractivity contribution in [1.29, 1.82) is 0 Å². The molecule has 4 aliphatic rings. The molecule has 4 atom stereocenters. The van der Waals surface area contributed by atoms with E-state index in [1.165, 1.54) is 25.7 Å². The van der Waals surface area contributed by atoms with Crippen LogP contribution in [0.25, 0.3) is 0 Å². The molecule has 0 aromatic heterocycles. The summed E-state index contributed by atoms with van der Waals surface area (Å²) in [6, 6.07) is 0. The van der Waals surface area contributed by atoms with Gasteiger partial charge in [-0.3, -0.25) is 0 Å². The zero-order valence-electron chi connectivity index (χ0n) is 10.6. The van der Waals surface area contributed by atoms with Crippen molar-refractivity contribution < 1.29 is 0 Å². The first kappa shape index (κ1) is 9.93. The number of hydrogen-bond acceptors (Lipinski definition) is 0. The molecule has 0 amide bonds. The Hall–Kier alpha value is -0.260. The second kappa shape index (κ2) is 2.70. The molecule has 4 aliphatic carbocycles. The summed E-state index contributed by atoms with van der Waals surface area (Å²) in [6.07, 6.45) is 8.28. The maximum absolute atomic E-state index is 2.57. The van der Waals surface area contributed by atoms with Crippen LogP contribution in [0.3, 0.4) is 0 Å². The largest absolute Gasteiger partial charge is 0.0850 e. The number of hydrogen-bond donors (Lipinski definition) is 0. The Bertz CT molecular complexity index is 323. The van der Waals surface area contributed by atoms with Gasteiger partial charge in [0, 0.05) is 0 Å². The molecule has 0 nitrogen and oxygen atoms in total. The van der Waals surface area contributed by atoms with Crippen LogP contribution in [0, 0.1) is 28.6 Å². The molecule has 0 heteroatoms. The minimum Gasteiger partial charge on any atom is -0.0850 e. The minimum atomic E-state index is 0.637. The van der Waals surface area contributed by atoms with Crippen molar-refractivity contribution in [2.45, 2.75) is 53.4 Å². The normalized spacial score (nSPS) is 51.5. The fourth-order valence-electron chi connectivity index (χ4n) is 4.92. The summed E-state index contributed by atoms with van der Waals surface area (Å²) in [7, 11) is 0. The van der Waals surface area contributed by atoms with Crippen LogP contribution in [0.15, 0.2) is 11.6 Å². The van der Waals surface area contributed by atoms with Crippen molar-refractivity contribution >= 4 is 0 Å². The van der Waals surface area contributed by atoms with Gasteiger partial charge in [0.2, 0.25) is 0 Å². The van der Waals surface area contributed by atoms with Crippen LogP contribution in [0.2, 0.25) is 0 Å². The smallest absolute Gasteiger partial charge is 0.0226 e. The second-order valence-corrected chi connectivity index (χ2v) is 7.20. The van der Waals surface area contributed by atoms with Crippen molar-refractivity contribution in [3.8, 4) is 0 Å². The quantitative estimate of drug-likeness (QED) is 0.513. The monoisotopic (exact) mass is 204 g/mol. The Balaban J connectivity index is 1.95. The van der Waals surface area contributed by atoms with E-state index in [2.05, 4.69) is 33.8 Å². The highest BCUT2D eigenvalue weighted by Gasteiger charge is 2.62. The molecular weight excluding hydrogens is 180 g/mol. The molecule has 84 valence electrons. The molecular formula is C15H24. The second-order valence-electron chi connectivity index (χ2n) is 7.20. The molecule has 0 radical (unpaired) electrons. The van der Waals surface area contributed by atoms with Crippen LogP contribution in [-0.2, 0) is 0 Å². The van der Waals surface area contributed by atoms with Crippen LogP contribution < -0.4 is 0 Å². The molecule has 0 aromatic rings. The van der Waals surface area contributed by atoms with Gasteiger partial charge >= 0.3 is 0 Å². The molecule has 0 aromatic carbocycles. The van der Waals surface area contributed by atoms with E-state index >= 15 is 0 Å². The van der Waals surface area contributed by atoms with Gasteiger partial charge in [0.15, 0.2) is 0 Å². The summed E-state index contributed by atoms with van der Waals surface area (Å²) in [4.78, 5) is 0. The van der Waals surface area contributed by atoms with Gasteiger partial charge in [0.25, 0.3) is 0 Å². The minimum absolute atomic E-state index is 0.637. The molecule has 3 saturated carbocycles. The van der Waals surface area contributed by atoms with E-state index in [4.69, 9.17) is 0 Å². The fourth-order valence-corrected chi connectivity index (χ4v) is 4.92. The summed E-state index contributed by atoms with van der Waals surface area (Å²) >= 11 is 0. The summed E-state index contributed by atoms with van der Waals surface area (Å²) in [5.41, 5.74) is 2.93. The Labute approximate surface area is 94.1 Å². The van der Waals surface area contributed by atoms with Gasteiger partial charge < -0.3 is 0 Å². The first-order chi connectivity index (χ1) is 6.94. The molecule has 2 bridgehead atoms. The average Bonchev–Trinajstić information content (AvgIpc) is 2.17. The highest BCUT2D eigenvalue weighted by molar-refractivity contribution is 5.19. The van der Waals surface area contributed by atoms with Gasteiger partial charge in [0.05, 0.1) is 0 Å². The lowest BCUT2D eigenvalue weighted by Crippen LogP contribution is -2.61. The highest BCUT2D eigenvalue weighted by atomic mass is 14.7. The molecule has 3 fully saturated rings. The van der Waals surface area contributed by atoms with Crippen molar-refractivity contribution in [3.63, 3.8) is 0 Å². The van der Waals surface area contributed by atoms with E-state index in [1.807, 2.05) is 0 Å². The molecule has 3 unspecified atom stereocenters. The van der Waals surface area contributed by atoms with Crippen LogP contribution in [-0.4, -0.2) is 0 Å². The molecule has 0 N–H and O–H groups in total. The van der Waals surface area contributed by atoms with Crippen molar-refractivity contribution in [2.24, 2.45) is 28.6 Å². The first-order valence-corrected chi connectivity index (χ1v) is 6.60. The third kappa shape index (κ3) is 1.09. The summed E-state index contributed by atoms with van der Waals surface area (Å²) in [6.45, 7) is 9.92. The fraction of sp³-hybridized carbons (Fsp3) is 0.867. The Morgan fingerprint density at radius 2 is 1.87 bits per heavy atom. The molecule has 0 heterocycles. The maximum atomic E-state index is 2.57. The lowest BCUT2D eigenvalue weighted by atomic mass is 9.36. The topological polar surface area (TPSA) is 0 Å². The van der Waals surface area contributed by atoms with Gasteiger partial charge in [-0.2, -0.15) is 0 Å². The van der Waals surface area contributed by atoms with Gasteiger partial charge in [-0.05, 0) is 61.2 Å². The van der Waals surface area contributed by atoms with E-state index in [0.717, 1.165) is 17.8 Å². The van der Waals surface area contributed by atoms with Crippen LogP contribution in [0.1, 0.15) is 53.4 Å². The zero-order valence-corrected chi connectivity index (χ0v) is 10.6. The van der Waals surface area contributed by atoms with Gasteiger partial charge in [-0.1, -0.05) is 32.4 Å². The van der Waals surface area contributed by atoms with E-state index in [9.17, 15) is 0 Å². The number of rotatable bonds is 0. The van der Waals surface area contributed by atoms with Gasteiger partial charge in [-0.25, -0.2) is 0 Å². The summed E-state index contributed by atoms with van der Waals surface area (Å²) < 4.78 is 0. The lowest BCUT2D eigenvalue weighted by Gasteiger charge is -2.68. The Kier molecular flexibility index (Phi) is 1.79. The summed E-state index contributed by atoms with van der Waals surface area (Å²) in [5, 5.41) is 0. The molecule has 0 aliphatic heterocycles. The van der Waals surface area contributed by atoms with Crippen LogP contribution in [0.5, 0.6) is 0 Å². The van der Waals surface area contributed by atoms with Crippen molar-refractivity contribution in [2.75, 3.05) is 0 Å². The van der Waals surface area contributed by atoms with Gasteiger partial charge in [-0.15, -0.1) is 0 Å². The SMILES string of the molecule is CC1=CC[C@]2(C)C(C1)CC1CC2C1(C)C. The predicted molar refractivity (Wildman–Crippen MR) is 64.6 cm³/mol. The highest BCUT2D eigenvalue weighted by Crippen LogP contribution is 2.70. The van der Waals surface area contributed by atoms with E-state index < -0.39 is 0 Å². The van der Waals surface area contributed by atoms with Crippen molar-refractivity contribution in [1.82, 2.24) is 0 Å². The zero-order chi connectivity index (χ0) is 10.8. The third-order valence-corrected chi connectivity index (χ3v) is 6.23. The first-order valence-electron chi connectivity index (χ1n) is 6.60. The van der Waals surface area contributed by atoms with Crippen LogP contribution >= 0.6 is 0 Å². The summed E-state index contributed by atoms with van der Waals surface area (Å²) in [5.74, 6) is 3.03. The van der Waals surface area contributed by atoms with Crippen LogP contribution in [0.4, 0.5) is 0 Å². The van der Waals surface area contributed by atoms with Crippen molar-refractivity contribution in [3.05, 3.63) is 11.6 Å². The van der Waals surface area contributed by atoms with E-state index in [0.29, 0.717) is 10.8 Å². The standard InChI is InChI=1S/C15H24/c1-10-5-6-15(4)12(7-10)8-11-9-13(15)14(11,2)3/h5,11-13H,6-9H2,1-4H3/t11?,12?,13?,15-/m1/s1. The van der Waals surface area contributed by atoms with E-state index in [1.54, 1.807) is 5.57 Å². The predicted octanol–water partition coefficient (Wildman–Crippen LogP) is 4.42.